The largest absolute Gasteiger partial charge is 0.484 e. The quantitative estimate of drug-likeness (QED) is 0.708. The maximum Gasteiger partial charge on any atom is 0.262 e. The lowest BCUT2D eigenvalue weighted by atomic mass is 10.1. The molecule has 0 saturated heterocycles. The molecular formula is C18H19ClN2O5S. The molecule has 0 unspecified atom stereocenters. The number of hydrogen-bond donors (Lipinski definition) is 1. The molecule has 0 radical (unpaired) electrons. The van der Waals surface area contributed by atoms with Gasteiger partial charge >= 0.3 is 0 Å². The van der Waals surface area contributed by atoms with Crippen LogP contribution in [0.25, 0.3) is 0 Å². The lowest BCUT2D eigenvalue weighted by Gasteiger charge is -2.14. The molecule has 1 N–H and O–H groups in total. The minimum Gasteiger partial charge on any atom is -0.484 e. The molecule has 0 aliphatic rings. The summed E-state index contributed by atoms with van der Waals surface area (Å²) in [7, 11) is -0.833. The van der Waals surface area contributed by atoms with Gasteiger partial charge in [-0.2, -0.15) is 0 Å². The molecule has 0 atom stereocenters. The maximum atomic E-state index is 12.2. The summed E-state index contributed by atoms with van der Waals surface area (Å²) < 4.78 is 30.8. The second kappa shape index (κ2) is 8.51. The zero-order valence-electron chi connectivity index (χ0n) is 15.0. The molecule has 0 bridgehead atoms. The van der Waals surface area contributed by atoms with E-state index in [0.29, 0.717) is 11.3 Å². The van der Waals surface area contributed by atoms with E-state index >= 15 is 0 Å². The summed E-state index contributed by atoms with van der Waals surface area (Å²) >= 11 is 6.04. The number of sulfonamides is 1. The Kier molecular flexibility index (Phi) is 6.59. The fourth-order valence-electron chi connectivity index (χ4n) is 2.09. The first-order valence-electron chi connectivity index (χ1n) is 7.87. The zero-order chi connectivity index (χ0) is 20.2. The van der Waals surface area contributed by atoms with Crippen molar-refractivity contribution in [3.63, 3.8) is 0 Å². The average Bonchev–Trinajstić information content (AvgIpc) is 2.61. The predicted molar refractivity (Wildman–Crippen MR) is 103 cm³/mol. The molecule has 1 amide bonds. The molecule has 0 aliphatic carbocycles. The van der Waals surface area contributed by atoms with Crippen molar-refractivity contribution in [3.8, 4) is 5.75 Å². The molecule has 7 nitrogen and oxygen atoms in total. The van der Waals surface area contributed by atoms with E-state index in [9.17, 15) is 18.0 Å². The molecule has 27 heavy (non-hydrogen) atoms. The first kappa shape index (κ1) is 20.9. The van der Waals surface area contributed by atoms with Crippen LogP contribution in [0.1, 0.15) is 17.3 Å². The number of benzene rings is 2. The summed E-state index contributed by atoms with van der Waals surface area (Å²) in [5.74, 6) is -0.154. The van der Waals surface area contributed by atoms with Crippen molar-refractivity contribution in [1.82, 2.24) is 4.31 Å². The highest BCUT2D eigenvalue weighted by molar-refractivity contribution is 7.89. The van der Waals surface area contributed by atoms with Gasteiger partial charge in [0.2, 0.25) is 10.0 Å². The highest BCUT2D eigenvalue weighted by Crippen LogP contribution is 2.26. The van der Waals surface area contributed by atoms with E-state index in [0.717, 1.165) is 4.31 Å². The van der Waals surface area contributed by atoms with Gasteiger partial charge in [-0.3, -0.25) is 9.59 Å². The average molecular weight is 411 g/mol. The molecule has 144 valence electrons. The number of carbonyl (C=O) groups is 2. The van der Waals surface area contributed by atoms with E-state index < -0.39 is 15.9 Å². The number of ketones is 1. The molecule has 0 fully saturated rings. The molecule has 0 saturated carbocycles. The van der Waals surface area contributed by atoms with E-state index in [4.69, 9.17) is 16.3 Å². The van der Waals surface area contributed by atoms with Gasteiger partial charge in [0.15, 0.2) is 12.4 Å². The van der Waals surface area contributed by atoms with Crippen molar-refractivity contribution in [2.75, 3.05) is 26.0 Å². The first-order chi connectivity index (χ1) is 12.6. The van der Waals surface area contributed by atoms with Crippen molar-refractivity contribution in [2.24, 2.45) is 0 Å². The number of nitrogens with one attached hydrogen (secondary N) is 1. The van der Waals surface area contributed by atoms with Crippen LogP contribution in [0.3, 0.4) is 0 Å². The standard InChI is InChI=1S/C18H19ClN2O5S/c1-12(22)13-4-6-14(7-5-13)26-11-18(23)20-17-10-15(8-9-16(17)19)27(24,25)21(2)3/h4-10H,11H2,1-3H3,(H,20,23). The molecule has 0 heterocycles. The Morgan fingerprint density at radius 3 is 2.30 bits per heavy atom. The van der Waals surface area contributed by atoms with E-state index in [1.54, 1.807) is 24.3 Å². The third-order valence-corrected chi connectivity index (χ3v) is 5.76. The van der Waals surface area contributed by atoms with E-state index in [1.165, 1.54) is 39.2 Å². The number of ether oxygens (including phenoxy) is 1. The first-order valence-corrected chi connectivity index (χ1v) is 9.69. The second-order valence-electron chi connectivity index (χ2n) is 5.85. The van der Waals surface area contributed by atoms with E-state index in [-0.39, 0.29) is 28.0 Å². The van der Waals surface area contributed by atoms with Crippen LogP contribution in [0.15, 0.2) is 47.4 Å². The van der Waals surface area contributed by atoms with Gasteiger partial charge < -0.3 is 10.1 Å². The van der Waals surface area contributed by atoms with Crippen LogP contribution in [0, 0.1) is 0 Å². The third-order valence-electron chi connectivity index (χ3n) is 3.62. The molecule has 2 rings (SSSR count). The number of rotatable bonds is 7. The zero-order valence-corrected chi connectivity index (χ0v) is 16.6. The van der Waals surface area contributed by atoms with Crippen LogP contribution < -0.4 is 10.1 Å². The number of anilines is 1. The van der Waals surface area contributed by atoms with Gasteiger partial charge in [-0.25, -0.2) is 12.7 Å². The summed E-state index contributed by atoms with van der Waals surface area (Å²) in [6.07, 6.45) is 0. The summed E-state index contributed by atoms with van der Waals surface area (Å²) in [6, 6.07) is 10.4. The molecule has 2 aromatic carbocycles. The highest BCUT2D eigenvalue weighted by atomic mass is 35.5. The van der Waals surface area contributed by atoms with E-state index in [2.05, 4.69) is 5.32 Å². The Balaban J connectivity index is 2.06. The van der Waals surface area contributed by atoms with Crippen molar-refractivity contribution in [2.45, 2.75) is 11.8 Å². The van der Waals surface area contributed by atoms with Crippen molar-refractivity contribution in [1.29, 1.82) is 0 Å². The Bertz CT molecular complexity index is 956. The fraction of sp³-hybridized carbons (Fsp3) is 0.222. The Labute approximate surface area is 162 Å². The van der Waals surface area contributed by atoms with Crippen molar-refractivity contribution < 1.29 is 22.7 Å². The molecular weight excluding hydrogens is 392 g/mol. The minimum absolute atomic E-state index is 0.00735. The molecule has 9 heteroatoms. The number of nitrogens with zero attached hydrogens (tertiary/aromatic N) is 1. The predicted octanol–water partition coefficient (Wildman–Crippen LogP) is 2.81. The van der Waals surface area contributed by atoms with Gasteiger partial charge in [-0.15, -0.1) is 0 Å². The Hall–Kier alpha value is -2.42. The van der Waals surface area contributed by atoms with Crippen molar-refractivity contribution >= 4 is 39.0 Å². The number of amides is 1. The smallest absolute Gasteiger partial charge is 0.262 e. The summed E-state index contributed by atoms with van der Waals surface area (Å²) in [5, 5.41) is 2.73. The highest BCUT2D eigenvalue weighted by Gasteiger charge is 2.19. The van der Waals surface area contributed by atoms with Gasteiger partial charge in [0.05, 0.1) is 15.6 Å². The number of hydrogen-bond acceptors (Lipinski definition) is 5. The topological polar surface area (TPSA) is 92.8 Å². The van der Waals surface area contributed by atoms with Crippen LogP contribution >= 0.6 is 11.6 Å². The lowest BCUT2D eigenvalue weighted by Crippen LogP contribution is -2.23. The minimum atomic E-state index is -3.65. The normalized spacial score (nSPS) is 11.3. The van der Waals surface area contributed by atoms with Gasteiger partial charge in [0.1, 0.15) is 5.75 Å². The van der Waals surface area contributed by atoms with Gasteiger partial charge in [0.25, 0.3) is 5.91 Å². The summed E-state index contributed by atoms with van der Waals surface area (Å²) in [5.41, 5.74) is 0.706. The fourth-order valence-corrected chi connectivity index (χ4v) is 3.19. The van der Waals surface area contributed by atoms with Gasteiger partial charge in [-0.1, -0.05) is 11.6 Å². The molecule has 0 spiro atoms. The van der Waals surface area contributed by atoms with Crippen LogP contribution in [0.4, 0.5) is 5.69 Å². The van der Waals surface area contributed by atoms with Crippen molar-refractivity contribution in [3.05, 3.63) is 53.1 Å². The summed E-state index contributed by atoms with van der Waals surface area (Å²) in [4.78, 5) is 23.3. The molecule has 2 aromatic rings. The van der Waals surface area contributed by atoms with Crippen LogP contribution in [-0.4, -0.2) is 45.1 Å². The van der Waals surface area contributed by atoms with Gasteiger partial charge in [-0.05, 0) is 49.4 Å². The second-order valence-corrected chi connectivity index (χ2v) is 8.41. The van der Waals surface area contributed by atoms with Gasteiger partial charge in [0, 0.05) is 19.7 Å². The number of carbonyl (C=O) groups excluding carboxylic acids is 2. The Morgan fingerprint density at radius 2 is 1.74 bits per heavy atom. The maximum absolute atomic E-state index is 12.2. The lowest BCUT2D eigenvalue weighted by molar-refractivity contribution is -0.118. The number of Topliss-reactive ketones (excluding diaryl/α,β-unsaturated/α-hetero) is 1. The molecule has 0 aliphatic heterocycles. The van der Waals surface area contributed by atoms with Crippen LogP contribution in [-0.2, 0) is 14.8 Å². The third kappa shape index (κ3) is 5.29. The summed E-state index contributed by atoms with van der Waals surface area (Å²) in [6.45, 7) is 1.15. The van der Waals surface area contributed by atoms with Crippen LogP contribution in [0.2, 0.25) is 5.02 Å². The van der Waals surface area contributed by atoms with E-state index in [1.807, 2.05) is 0 Å². The number of halogens is 1. The Morgan fingerprint density at radius 1 is 1.11 bits per heavy atom. The SMILES string of the molecule is CC(=O)c1ccc(OCC(=O)Nc2cc(S(=O)(=O)N(C)C)ccc2Cl)cc1. The monoisotopic (exact) mass is 410 g/mol. The van der Waals surface area contributed by atoms with Crippen LogP contribution in [0.5, 0.6) is 5.75 Å². The molecule has 0 aromatic heterocycles.